The maximum absolute atomic E-state index is 13.1. The van der Waals surface area contributed by atoms with Crippen LogP contribution in [-0.2, 0) is 11.2 Å². The van der Waals surface area contributed by atoms with Crippen molar-refractivity contribution in [2.45, 2.75) is 40.2 Å². The molecule has 0 aliphatic carbocycles. The van der Waals surface area contributed by atoms with E-state index in [1.54, 1.807) is 12.3 Å². The number of carbonyl (C=O) groups excluding carboxylic acids is 1. The molecule has 1 atom stereocenters. The number of primary amides is 1. The molecule has 5 heteroatoms. The molecule has 112 valence electrons. The summed E-state index contributed by atoms with van der Waals surface area (Å²) in [5.41, 5.74) is 12.2. The number of hydrogen-bond acceptors (Lipinski definition) is 2. The lowest BCUT2D eigenvalue weighted by atomic mass is 10.1. The smallest absolute Gasteiger partial charge is 0.234 e. The summed E-state index contributed by atoms with van der Waals surface area (Å²) >= 11 is 0. The monoisotopic (exact) mass is 281 g/mol. The number of hydrogen-bond donors (Lipinski definition) is 3. The second-order valence-electron chi connectivity index (χ2n) is 3.72. The van der Waals surface area contributed by atoms with Gasteiger partial charge in [-0.3, -0.25) is 4.79 Å². The Morgan fingerprint density at radius 2 is 1.90 bits per heavy atom. The number of rotatable bonds is 3. The maximum atomic E-state index is 13.1. The Hall–Kier alpha value is -1.88. The zero-order valence-corrected chi connectivity index (χ0v) is 12.5. The second-order valence-corrected chi connectivity index (χ2v) is 3.72. The third-order valence-corrected chi connectivity index (χ3v) is 2.53. The zero-order valence-electron chi connectivity index (χ0n) is 12.5. The van der Waals surface area contributed by atoms with Crippen LogP contribution in [0.5, 0.6) is 0 Å². The highest BCUT2D eigenvalue weighted by atomic mass is 19.1. The summed E-state index contributed by atoms with van der Waals surface area (Å²) in [5, 5.41) is 0.733. The fourth-order valence-corrected chi connectivity index (χ4v) is 1.66. The van der Waals surface area contributed by atoms with Gasteiger partial charge in [-0.05, 0) is 30.2 Å². The molecule has 0 aliphatic rings. The molecule has 0 fully saturated rings. The van der Waals surface area contributed by atoms with Gasteiger partial charge in [-0.1, -0.05) is 27.7 Å². The highest BCUT2D eigenvalue weighted by molar-refractivity contribution is 5.85. The van der Waals surface area contributed by atoms with Crippen LogP contribution in [0.1, 0.15) is 33.3 Å². The summed E-state index contributed by atoms with van der Waals surface area (Å²) in [6.45, 7) is 8.00. The average molecular weight is 281 g/mol. The van der Waals surface area contributed by atoms with Crippen molar-refractivity contribution in [3.8, 4) is 0 Å². The van der Waals surface area contributed by atoms with Crippen molar-refractivity contribution >= 4 is 16.8 Å². The Kier molecular flexibility index (Phi) is 8.24. The summed E-state index contributed by atoms with van der Waals surface area (Å²) < 4.78 is 13.1. The number of nitrogens with one attached hydrogen (secondary N) is 1. The van der Waals surface area contributed by atoms with Crippen molar-refractivity contribution in [1.29, 1.82) is 0 Å². The van der Waals surface area contributed by atoms with Crippen LogP contribution in [0.4, 0.5) is 4.39 Å². The van der Waals surface area contributed by atoms with E-state index in [4.69, 9.17) is 11.5 Å². The van der Waals surface area contributed by atoms with E-state index >= 15 is 0 Å². The fourth-order valence-electron chi connectivity index (χ4n) is 1.66. The SMILES string of the molecule is CC.CC.NC(=O)C(N)Cc1c[nH]c2ccc(F)cc12. The van der Waals surface area contributed by atoms with Crippen LogP contribution in [-0.4, -0.2) is 16.9 Å². The Bertz CT molecular complexity index is 537. The molecule has 20 heavy (non-hydrogen) atoms. The Labute approximate surface area is 119 Å². The van der Waals surface area contributed by atoms with Crippen molar-refractivity contribution in [1.82, 2.24) is 4.98 Å². The van der Waals surface area contributed by atoms with E-state index in [1.165, 1.54) is 12.1 Å². The van der Waals surface area contributed by atoms with E-state index in [-0.39, 0.29) is 5.82 Å². The minimum absolute atomic E-state index is 0.304. The quantitative estimate of drug-likeness (QED) is 0.808. The second kappa shape index (κ2) is 9.09. The first-order valence-electron chi connectivity index (χ1n) is 6.88. The van der Waals surface area contributed by atoms with Crippen LogP contribution in [0.2, 0.25) is 0 Å². The van der Waals surface area contributed by atoms with Gasteiger partial charge in [-0.25, -0.2) is 4.39 Å². The van der Waals surface area contributed by atoms with Crippen LogP contribution in [0.15, 0.2) is 24.4 Å². The molecule has 4 nitrogen and oxygen atoms in total. The van der Waals surface area contributed by atoms with Crippen LogP contribution < -0.4 is 11.5 Å². The van der Waals surface area contributed by atoms with Crippen molar-refractivity contribution in [2.75, 3.05) is 0 Å². The Morgan fingerprint density at radius 3 is 2.45 bits per heavy atom. The summed E-state index contributed by atoms with van der Waals surface area (Å²) in [4.78, 5) is 13.8. The molecule has 2 aromatic rings. The largest absolute Gasteiger partial charge is 0.368 e. The van der Waals surface area contributed by atoms with Crippen molar-refractivity contribution in [2.24, 2.45) is 11.5 Å². The topological polar surface area (TPSA) is 84.9 Å². The number of nitrogens with two attached hydrogens (primary N) is 2. The molecule has 1 aromatic carbocycles. The average Bonchev–Trinajstić information content (AvgIpc) is 2.85. The molecule has 1 amide bonds. The third kappa shape index (κ3) is 4.66. The van der Waals surface area contributed by atoms with Crippen LogP contribution >= 0.6 is 0 Å². The molecular weight excluding hydrogens is 257 g/mol. The molecule has 0 spiro atoms. The number of amides is 1. The highest BCUT2D eigenvalue weighted by Crippen LogP contribution is 2.20. The lowest BCUT2D eigenvalue weighted by molar-refractivity contribution is -0.119. The first-order chi connectivity index (χ1) is 9.58. The number of halogens is 1. The highest BCUT2D eigenvalue weighted by Gasteiger charge is 2.13. The van der Waals surface area contributed by atoms with E-state index in [2.05, 4.69) is 4.98 Å². The van der Waals surface area contributed by atoms with Gasteiger partial charge in [0, 0.05) is 17.1 Å². The Balaban J connectivity index is 0.000000829. The van der Waals surface area contributed by atoms with Crippen LogP contribution in [0, 0.1) is 5.82 Å². The molecule has 0 radical (unpaired) electrons. The van der Waals surface area contributed by atoms with E-state index in [9.17, 15) is 9.18 Å². The maximum Gasteiger partial charge on any atom is 0.234 e. The van der Waals surface area contributed by atoms with E-state index in [1.807, 2.05) is 27.7 Å². The summed E-state index contributed by atoms with van der Waals surface area (Å²) in [5.74, 6) is -0.883. The number of fused-ring (bicyclic) bond motifs is 1. The minimum Gasteiger partial charge on any atom is -0.368 e. The molecule has 5 N–H and O–H groups in total. The predicted octanol–water partition coefficient (Wildman–Crippen LogP) is 2.71. The molecule has 0 saturated carbocycles. The van der Waals surface area contributed by atoms with Gasteiger partial charge < -0.3 is 16.5 Å². The summed E-state index contributed by atoms with van der Waals surface area (Å²) in [7, 11) is 0. The number of aromatic amines is 1. The van der Waals surface area contributed by atoms with Gasteiger partial charge in [0.2, 0.25) is 5.91 Å². The summed E-state index contributed by atoms with van der Waals surface area (Å²) in [6.07, 6.45) is 2.02. The van der Waals surface area contributed by atoms with Gasteiger partial charge in [0.15, 0.2) is 0 Å². The van der Waals surface area contributed by atoms with Crippen LogP contribution in [0.3, 0.4) is 0 Å². The first-order valence-corrected chi connectivity index (χ1v) is 6.88. The van der Waals surface area contributed by atoms with Gasteiger partial charge in [-0.15, -0.1) is 0 Å². The zero-order chi connectivity index (χ0) is 15.7. The van der Waals surface area contributed by atoms with Gasteiger partial charge in [0.1, 0.15) is 5.82 Å². The standard InChI is InChI=1S/C11H12FN3O.2C2H6/c12-7-1-2-10-8(4-7)6(5-15-10)3-9(13)11(14)16;2*1-2/h1-2,4-5,9,15H,3,13H2,(H2,14,16);2*1-2H3. The van der Waals surface area contributed by atoms with Gasteiger partial charge in [-0.2, -0.15) is 0 Å². The molecule has 1 unspecified atom stereocenters. The van der Waals surface area contributed by atoms with Crippen molar-refractivity contribution < 1.29 is 9.18 Å². The molecule has 0 saturated heterocycles. The van der Waals surface area contributed by atoms with E-state index in [0.29, 0.717) is 6.42 Å². The number of carbonyl (C=O) groups is 1. The van der Waals surface area contributed by atoms with Gasteiger partial charge in [0.25, 0.3) is 0 Å². The predicted molar refractivity (Wildman–Crippen MR) is 81.8 cm³/mol. The molecule has 1 aromatic heterocycles. The van der Waals surface area contributed by atoms with Crippen molar-refractivity contribution in [3.63, 3.8) is 0 Å². The third-order valence-electron chi connectivity index (χ3n) is 2.53. The Morgan fingerprint density at radius 1 is 1.30 bits per heavy atom. The number of H-pyrrole nitrogens is 1. The molecular formula is C15H24FN3O. The van der Waals surface area contributed by atoms with E-state index in [0.717, 1.165) is 16.5 Å². The first kappa shape index (κ1) is 18.1. The molecule has 0 bridgehead atoms. The van der Waals surface area contributed by atoms with Crippen molar-refractivity contribution in [3.05, 3.63) is 35.8 Å². The fraction of sp³-hybridized carbons (Fsp3) is 0.400. The lowest BCUT2D eigenvalue weighted by Gasteiger charge is -2.05. The molecule has 0 aliphatic heterocycles. The number of benzene rings is 1. The number of aromatic nitrogens is 1. The van der Waals surface area contributed by atoms with Crippen LogP contribution in [0.25, 0.3) is 10.9 Å². The normalized spacial score (nSPS) is 10.9. The molecule has 1 heterocycles. The summed E-state index contributed by atoms with van der Waals surface area (Å²) in [6, 6.07) is 3.68. The van der Waals surface area contributed by atoms with Gasteiger partial charge in [0.05, 0.1) is 6.04 Å². The van der Waals surface area contributed by atoms with E-state index < -0.39 is 11.9 Å². The molecule has 2 rings (SSSR count). The lowest BCUT2D eigenvalue weighted by Crippen LogP contribution is -2.38. The minimum atomic E-state index is -0.748. The van der Waals surface area contributed by atoms with Gasteiger partial charge >= 0.3 is 0 Å².